The first-order valence-corrected chi connectivity index (χ1v) is 15.8. The van der Waals surface area contributed by atoms with Crippen LogP contribution in [0.5, 0.6) is 11.5 Å². The predicted molar refractivity (Wildman–Crippen MR) is 188 cm³/mol. The molecule has 0 N–H and O–H groups in total. The van der Waals surface area contributed by atoms with Crippen molar-refractivity contribution in [3.05, 3.63) is 114 Å². The van der Waals surface area contributed by atoms with Gasteiger partial charge < -0.3 is 18.9 Å². The summed E-state index contributed by atoms with van der Waals surface area (Å²) in [4.78, 5) is 28.7. The maximum atomic E-state index is 12.9. The van der Waals surface area contributed by atoms with Gasteiger partial charge in [-0.25, -0.2) is 19.4 Å². The minimum Gasteiger partial charge on any atom is -0.472 e. The summed E-state index contributed by atoms with van der Waals surface area (Å²) in [5, 5.41) is 0. The number of benzene rings is 4. The van der Waals surface area contributed by atoms with Crippen molar-refractivity contribution < 1.29 is 28.5 Å². The van der Waals surface area contributed by atoms with Crippen molar-refractivity contribution in [3.8, 4) is 22.6 Å². The lowest BCUT2D eigenvalue weighted by atomic mass is 9.91. The highest BCUT2D eigenvalue weighted by atomic mass is 16.6. The number of para-hydroxylation sites is 2. The van der Waals surface area contributed by atoms with Crippen molar-refractivity contribution in [2.45, 2.75) is 46.5 Å². The lowest BCUT2D eigenvalue weighted by Crippen LogP contribution is -2.35. The van der Waals surface area contributed by atoms with Gasteiger partial charge in [-0.15, -0.1) is 0 Å². The quantitative estimate of drug-likeness (QED) is 0.101. The van der Waals surface area contributed by atoms with Crippen LogP contribution in [0.1, 0.15) is 49.8 Å². The van der Waals surface area contributed by atoms with E-state index < -0.39 is 12.2 Å². The molecule has 0 fully saturated rings. The van der Waals surface area contributed by atoms with E-state index in [1.807, 2.05) is 98.8 Å². The van der Waals surface area contributed by atoms with Gasteiger partial charge in [0.05, 0.1) is 31.2 Å². The fourth-order valence-electron chi connectivity index (χ4n) is 5.27. The summed E-state index contributed by atoms with van der Waals surface area (Å²) in [5.74, 6) is 1.05. The number of carbonyl (C=O) groups excluding carboxylic acids is 2. The minimum atomic E-state index is -0.553. The number of methoxy groups -OCH3 is 2. The summed E-state index contributed by atoms with van der Waals surface area (Å²) >= 11 is 0. The fraction of sp³-hybridized carbons (Fsp3) is 0.282. The molecule has 4 aromatic carbocycles. The molecule has 2 amide bonds. The molecule has 0 aromatic heterocycles. The van der Waals surface area contributed by atoms with E-state index in [1.54, 1.807) is 0 Å². The first-order valence-electron chi connectivity index (χ1n) is 15.8. The van der Waals surface area contributed by atoms with Gasteiger partial charge in [0, 0.05) is 0 Å². The maximum Gasteiger partial charge on any atom is 0.416 e. The molecule has 0 aliphatic carbocycles. The van der Waals surface area contributed by atoms with Gasteiger partial charge >= 0.3 is 12.2 Å². The highest BCUT2D eigenvalue weighted by Crippen LogP contribution is 2.44. The van der Waals surface area contributed by atoms with Crippen molar-refractivity contribution in [1.82, 2.24) is 0 Å². The Hall–Kier alpha value is -5.24. The van der Waals surface area contributed by atoms with E-state index in [2.05, 4.69) is 19.6 Å². The summed E-state index contributed by atoms with van der Waals surface area (Å²) in [6, 6.07) is 28.6. The third-order valence-electron chi connectivity index (χ3n) is 7.72. The van der Waals surface area contributed by atoms with Gasteiger partial charge in [0.15, 0.2) is 13.5 Å². The zero-order valence-electron chi connectivity index (χ0n) is 28.0. The molecule has 0 radical (unpaired) electrons. The van der Waals surface area contributed by atoms with Crippen LogP contribution < -0.4 is 19.3 Å². The number of unbranched alkanes of at least 4 members (excludes halogenated alkanes) is 2. The molecule has 0 aliphatic heterocycles. The number of rotatable bonds is 14. The highest BCUT2D eigenvalue weighted by molar-refractivity contribution is 5.89. The van der Waals surface area contributed by atoms with Crippen LogP contribution in [-0.4, -0.2) is 39.9 Å². The van der Waals surface area contributed by atoms with Gasteiger partial charge in [-0.3, -0.25) is 0 Å². The number of hydrogen-bond acceptors (Lipinski definition) is 6. The zero-order chi connectivity index (χ0) is 33.8. The van der Waals surface area contributed by atoms with E-state index in [9.17, 15) is 9.59 Å². The Morgan fingerprint density at radius 3 is 1.68 bits per heavy atom. The molecular weight excluding hydrogens is 592 g/mol. The highest BCUT2D eigenvalue weighted by Gasteiger charge is 2.24. The Kier molecular flexibility index (Phi) is 12.4. The third kappa shape index (κ3) is 8.94. The zero-order valence-corrected chi connectivity index (χ0v) is 28.0. The van der Waals surface area contributed by atoms with Gasteiger partial charge in [-0.05, 0) is 79.8 Å². The van der Waals surface area contributed by atoms with Gasteiger partial charge in [-0.2, -0.15) is 0 Å². The molecule has 0 aliphatic rings. The van der Waals surface area contributed by atoms with E-state index >= 15 is 0 Å². The molecule has 4 rings (SSSR count). The number of hydrogen-bond donors (Lipinski definition) is 0. The number of amides is 2. The topological polar surface area (TPSA) is 77.5 Å². The van der Waals surface area contributed by atoms with E-state index in [0.29, 0.717) is 28.4 Å². The normalized spacial score (nSPS) is 10.6. The van der Waals surface area contributed by atoms with Crippen molar-refractivity contribution in [3.63, 3.8) is 0 Å². The van der Waals surface area contributed by atoms with Crippen LogP contribution in [0, 0.1) is 6.92 Å². The second-order valence-electron chi connectivity index (χ2n) is 11.3. The number of allylic oxidation sites excluding steroid dienone is 1. The minimum absolute atomic E-state index is 0.117. The van der Waals surface area contributed by atoms with Crippen molar-refractivity contribution in [2.24, 2.45) is 0 Å². The molecule has 0 atom stereocenters. The number of aryl methyl sites for hydroxylation is 2. The van der Waals surface area contributed by atoms with Crippen LogP contribution in [-0.2, 0) is 15.9 Å². The summed E-state index contributed by atoms with van der Waals surface area (Å²) in [7, 11) is 2.69. The van der Waals surface area contributed by atoms with Crippen LogP contribution in [0.15, 0.2) is 97.6 Å². The monoisotopic (exact) mass is 636 g/mol. The van der Waals surface area contributed by atoms with Gasteiger partial charge in [0.2, 0.25) is 0 Å². The second kappa shape index (κ2) is 16.9. The van der Waals surface area contributed by atoms with Crippen LogP contribution in [0.4, 0.5) is 21.0 Å². The van der Waals surface area contributed by atoms with Crippen LogP contribution in [0.25, 0.3) is 16.7 Å². The van der Waals surface area contributed by atoms with E-state index in [4.69, 9.17) is 18.9 Å². The predicted octanol–water partition coefficient (Wildman–Crippen LogP) is 9.65. The van der Waals surface area contributed by atoms with Crippen LogP contribution in [0.2, 0.25) is 0 Å². The number of anilines is 2. The number of ether oxygens (including phenoxy) is 4. The summed E-state index contributed by atoms with van der Waals surface area (Å²) in [5.41, 5.74) is 6.63. The Labute approximate surface area is 278 Å². The lowest BCUT2D eigenvalue weighted by Gasteiger charge is -2.26. The molecule has 0 spiro atoms. The summed E-state index contributed by atoms with van der Waals surface area (Å²) in [6.07, 6.45) is 2.81. The Morgan fingerprint density at radius 2 is 1.23 bits per heavy atom. The molecule has 8 nitrogen and oxygen atoms in total. The molecule has 0 unspecified atom stereocenters. The SMILES string of the molecule is C=C(C)c1ccc(C)cc1-c1c(OCN(C(=O)OC)c2ccccc2)cc(CCCCC)cc1OCN(C(=O)OC)c1ccccc1. The molecular formula is C39H44N2O6. The molecule has 8 heteroatoms. The Bertz CT molecular complexity index is 1570. The van der Waals surface area contributed by atoms with E-state index in [0.717, 1.165) is 53.5 Å². The Morgan fingerprint density at radius 1 is 0.723 bits per heavy atom. The smallest absolute Gasteiger partial charge is 0.416 e. The first-order chi connectivity index (χ1) is 22.8. The average Bonchev–Trinajstić information content (AvgIpc) is 3.09. The first kappa shape index (κ1) is 34.6. The molecule has 0 heterocycles. The fourth-order valence-corrected chi connectivity index (χ4v) is 5.27. The van der Waals surface area contributed by atoms with Crippen LogP contribution in [0.3, 0.4) is 0 Å². The lowest BCUT2D eigenvalue weighted by molar-refractivity contribution is 0.170. The van der Waals surface area contributed by atoms with Gasteiger partial charge in [0.1, 0.15) is 11.5 Å². The molecule has 47 heavy (non-hydrogen) atoms. The molecule has 246 valence electrons. The molecule has 0 bridgehead atoms. The van der Waals surface area contributed by atoms with Crippen molar-refractivity contribution >= 4 is 29.1 Å². The largest absolute Gasteiger partial charge is 0.472 e. The van der Waals surface area contributed by atoms with Gasteiger partial charge in [0.25, 0.3) is 0 Å². The second-order valence-corrected chi connectivity index (χ2v) is 11.3. The summed E-state index contributed by atoms with van der Waals surface area (Å²) in [6.45, 7) is 10.2. The maximum absolute atomic E-state index is 12.9. The summed E-state index contributed by atoms with van der Waals surface area (Å²) < 4.78 is 23.3. The van der Waals surface area contributed by atoms with E-state index in [1.165, 1.54) is 24.0 Å². The molecule has 4 aromatic rings. The Balaban J connectivity index is 1.88. The van der Waals surface area contributed by atoms with Crippen molar-refractivity contribution in [1.29, 1.82) is 0 Å². The number of carbonyl (C=O) groups is 2. The molecule has 0 saturated heterocycles. The number of nitrogens with zero attached hydrogens (tertiary/aromatic N) is 2. The van der Waals surface area contributed by atoms with Gasteiger partial charge in [-0.1, -0.05) is 92.1 Å². The standard InChI is InChI=1S/C39H44N2O6/c1-7-8-11-16-30-24-35(46-26-40(38(42)44-5)31-17-12-9-13-18-31)37(34-23-29(4)21-22-33(34)28(2)3)36(25-30)47-27-41(39(43)45-6)32-19-14-10-15-20-32/h9-10,12-15,17-25H,2,7-8,11,16,26-27H2,1,3-6H3. The third-order valence-corrected chi connectivity index (χ3v) is 7.72. The average molecular weight is 637 g/mol. The van der Waals surface area contributed by atoms with E-state index in [-0.39, 0.29) is 13.5 Å². The molecule has 0 saturated carbocycles. The van der Waals surface area contributed by atoms with Crippen molar-refractivity contribution in [2.75, 3.05) is 37.5 Å². The van der Waals surface area contributed by atoms with Crippen LogP contribution >= 0.6 is 0 Å².